The van der Waals surface area contributed by atoms with Gasteiger partial charge in [-0.25, -0.2) is 4.79 Å². The highest BCUT2D eigenvalue weighted by molar-refractivity contribution is 9.10. The molecule has 1 aromatic carbocycles. The van der Waals surface area contributed by atoms with Crippen molar-refractivity contribution in [1.82, 2.24) is 9.78 Å². The lowest BCUT2D eigenvalue weighted by Crippen LogP contribution is -2.26. The lowest BCUT2D eigenvalue weighted by atomic mass is 9.92. The maximum absolute atomic E-state index is 13.3. The number of benzene rings is 1. The first-order valence-corrected chi connectivity index (χ1v) is 11.1. The number of carbonyl (C=O) groups excluding carboxylic acids is 2. The van der Waals surface area contributed by atoms with E-state index < -0.39 is 11.5 Å². The van der Waals surface area contributed by atoms with Gasteiger partial charge in [-0.1, -0.05) is 36.7 Å². The predicted molar refractivity (Wildman–Crippen MR) is 122 cm³/mol. The number of esters is 1. The molecule has 3 aromatic rings. The average molecular weight is 492 g/mol. The smallest absolute Gasteiger partial charge is 0.359 e. The molecule has 0 bridgehead atoms. The number of carbonyl (C=O) groups is 2. The van der Waals surface area contributed by atoms with Crippen molar-refractivity contribution in [3.05, 3.63) is 50.2 Å². The van der Waals surface area contributed by atoms with Crippen LogP contribution in [0.15, 0.2) is 38.9 Å². The molecular formula is C21H22BrN3O4S. The lowest BCUT2D eigenvalue weighted by Gasteiger charge is -2.17. The van der Waals surface area contributed by atoms with Gasteiger partial charge in [0, 0.05) is 21.7 Å². The second-order valence-electron chi connectivity index (χ2n) is 7.90. The van der Waals surface area contributed by atoms with E-state index in [1.807, 2.05) is 20.8 Å². The minimum absolute atomic E-state index is 0.0296. The molecule has 2 heterocycles. The first kappa shape index (κ1) is 22.2. The number of nitrogens with zero attached hydrogens (tertiary/aromatic N) is 2. The van der Waals surface area contributed by atoms with Crippen molar-refractivity contribution in [3.8, 4) is 5.69 Å². The van der Waals surface area contributed by atoms with Gasteiger partial charge in [0.05, 0.1) is 17.7 Å². The van der Waals surface area contributed by atoms with Crippen LogP contribution in [0.1, 0.15) is 44.6 Å². The van der Waals surface area contributed by atoms with E-state index in [0.717, 1.165) is 9.15 Å². The third kappa shape index (κ3) is 4.79. The van der Waals surface area contributed by atoms with Gasteiger partial charge in [-0.15, -0.1) is 11.3 Å². The summed E-state index contributed by atoms with van der Waals surface area (Å²) >= 11 is 4.55. The summed E-state index contributed by atoms with van der Waals surface area (Å²) < 4.78 is 7.14. The molecule has 0 saturated carbocycles. The summed E-state index contributed by atoms with van der Waals surface area (Å²) in [5.41, 5.74) is -0.102. The van der Waals surface area contributed by atoms with Crippen LogP contribution in [0, 0.1) is 5.41 Å². The Morgan fingerprint density at radius 1 is 1.23 bits per heavy atom. The molecule has 0 aliphatic rings. The van der Waals surface area contributed by atoms with E-state index in [-0.39, 0.29) is 29.0 Å². The second-order valence-corrected chi connectivity index (χ2v) is 9.70. The number of thiophene rings is 1. The van der Waals surface area contributed by atoms with Crippen molar-refractivity contribution >= 4 is 54.9 Å². The number of rotatable bonds is 5. The van der Waals surface area contributed by atoms with Gasteiger partial charge in [-0.05, 0) is 36.6 Å². The first-order chi connectivity index (χ1) is 14.1. The quantitative estimate of drug-likeness (QED) is 0.519. The van der Waals surface area contributed by atoms with Gasteiger partial charge >= 0.3 is 5.97 Å². The number of halogens is 1. The van der Waals surface area contributed by atoms with Crippen LogP contribution in [0.25, 0.3) is 16.5 Å². The fourth-order valence-corrected chi connectivity index (χ4v) is 4.12. The average Bonchev–Trinajstić information content (AvgIpc) is 3.05. The Hall–Kier alpha value is -2.52. The van der Waals surface area contributed by atoms with E-state index in [4.69, 9.17) is 4.74 Å². The minimum atomic E-state index is -0.626. The fraction of sp³-hybridized carbons (Fsp3) is 0.333. The van der Waals surface area contributed by atoms with Crippen LogP contribution in [0.5, 0.6) is 0 Å². The van der Waals surface area contributed by atoms with E-state index in [9.17, 15) is 14.4 Å². The maximum atomic E-state index is 13.3. The first-order valence-electron chi connectivity index (χ1n) is 9.38. The number of hydrogen-bond acceptors (Lipinski definition) is 6. The summed E-state index contributed by atoms with van der Waals surface area (Å²) in [5.74, 6) is -0.825. The number of ether oxygens (including phenoxy) is 1. The molecule has 1 amide bonds. The third-order valence-corrected chi connectivity index (χ3v) is 5.56. The maximum Gasteiger partial charge on any atom is 0.359 e. The molecule has 1 N–H and O–H groups in total. The Morgan fingerprint density at radius 2 is 1.90 bits per heavy atom. The predicted octanol–water partition coefficient (Wildman–Crippen LogP) is 4.76. The molecule has 30 heavy (non-hydrogen) atoms. The monoisotopic (exact) mass is 491 g/mol. The summed E-state index contributed by atoms with van der Waals surface area (Å²) in [6, 6.07) is 6.97. The van der Waals surface area contributed by atoms with Crippen LogP contribution in [-0.2, 0) is 9.53 Å². The van der Waals surface area contributed by atoms with Crippen molar-refractivity contribution < 1.29 is 14.3 Å². The number of nitrogens with one attached hydrogen (secondary N) is 1. The lowest BCUT2D eigenvalue weighted by molar-refractivity contribution is -0.117. The van der Waals surface area contributed by atoms with Crippen LogP contribution in [-0.4, -0.2) is 28.3 Å². The van der Waals surface area contributed by atoms with Crippen molar-refractivity contribution in [3.63, 3.8) is 0 Å². The molecular weight excluding hydrogens is 470 g/mol. The van der Waals surface area contributed by atoms with Gasteiger partial charge in [-0.3, -0.25) is 9.59 Å². The molecule has 7 nitrogen and oxygen atoms in total. The van der Waals surface area contributed by atoms with Crippen LogP contribution in [0.2, 0.25) is 0 Å². The van der Waals surface area contributed by atoms with Crippen LogP contribution < -0.4 is 10.9 Å². The summed E-state index contributed by atoms with van der Waals surface area (Å²) in [7, 11) is 0. The van der Waals surface area contributed by atoms with E-state index in [0.29, 0.717) is 22.5 Å². The van der Waals surface area contributed by atoms with Gasteiger partial charge in [0.15, 0.2) is 5.69 Å². The van der Waals surface area contributed by atoms with Crippen LogP contribution >= 0.6 is 27.3 Å². The Balaban J connectivity index is 2.19. The molecule has 0 aliphatic carbocycles. The zero-order valence-electron chi connectivity index (χ0n) is 17.1. The largest absolute Gasteiger partial charge is 0.461 e. The van der Waals surface area contributed by atoms with Crippen LogP contribution in [0.3, 0.4) is 0 Å². The third-order valence-electron chi connectivity index (χ3n) is 4.14. The highest BCUT2D eigenvalue weighted by atomic mass is 79.9. The zero-order valence-corrected chi connectivity index (χ0v) is 19.5. The molecule has 3 rings (SSSR count). The number of hydrogen-bond donors (Lipinski definition) is 1. The minimum Gasteiger partial charge on any atom is -0.461 e. The van der Waals surface area contributed by atoms with E-state index in [2.05, 4.69) is 26.3 Å². The van der Waals surface area contributed by atoms with E-state index in [1.54, 1.807) is 36.6 Å². The molecule has 0 spiro atoms. The Labute approximate surface area is 186 Å². The summed E-state index contributed by atoms with van der Waals surface area (Å²) in [6.45, 7) is 7.76. The fourth-order valence-electron chi connectivity index (χ4n) is 2.90. The Morgan fingerprint density at radius 3 is 2.50 bits per heavy atom. The standard InChI is InChI=1S/C21H22BrN3O4S/c1-5-29-20(28)17-14-11-30-18(23-15(26)10-21(2,3)4)16(14)19(27)25(24-17)13-8-6-12(22)7-9-13/h6-9,11H,5,10H2,1-4H3,(H,23,26). The van der Waals surface area contributed by atoms with Crippen molar-refractivity contribution in [2.45, 2.75) is 34.1 Å². The molecule has 9 heteroatoms. The molecule has 0 aliphatic heterocycles. The summed E-state index contributed by atoms with van der Waals surface area (Å²) in [4.78, 5) is 38.3. The van der Waals surface area contributed by atoms with Gasteiger partial charge in [0.1, 0.15) is 5.00 Å². The highest BCUT2D eigenvalue weighted by Crippen LogP contribution is 2.31. The molecule has 158 valence electrons. The van der Waals surface area contributed by atoms with Crippen LogP contribution in [0.4, 0.5) is 5.00 Å². The van der Waals surface area contributed by atoms with Gasteiger partial charge in [0.2, 0.25) is 5.91 Å². The second kappa shape index (κ2) is 8.69. The normalized spacial score (nSPS) is 11.5. The number of amides is 1. The molecule has 0 radical (unpaired) electrons. The topological polar surface area (TPSA) is 90.3 Å². The Bertz CT molecular complexity index is 1160. The summed E-state index contributed by atoms with van der Waals surface area (Å²) in [6.07, 6.45) is 0.295. The summed E-state index contributed by atoms with van der Waals surface area (Å²) in [5, 5.41) is 9.75. The van der Waals surface area contributed by atoms with Crippen molar-refractivity contribution in [2.75, 3.05) is 11.9 Å². The van der Waals surface area contributed by atoms with Crippen molar-refractivity contribution in [1.29, 1.82) is 0 Å². The molecule has 0 atom stereocenters. The molecule has 2 aromatic heterocycles. The molecule has 0 fully saturated rings. The SMILES string of the molecule is CCOC(=O)c1nn(-c2ccc(Br)cc2)c(=O)c2c(NC(=O)CC(C)(C)C)scc12. The van der Waals surface area contributed by atoms with E-state index in [1.165, 1.54) is 11.3 Å². The van der Waals surface area contributed by atoms with Gasteiger partial charge in [0.25, 0.3) is 5.56 Å². The molecule has 0 saturated heterocycles. The van der Waals surface area contributed by atoms with Gasteiger partial charge < -0.3 is 10.1 Å². The molecule has 0 unspecified atom stereocenters. The zero-order chi connectivity index (χ0) is 22.1. The number of fused-ring (bicyclic) bond motifs is 1. The van der Waals surface area contributed by atoms with Gasteiger partial charge in [-0.2, -0.15) is 9.78 Å². The van der Waals surface area contributed by atoms with E-state index >= 15 is 0 Å². The highest BCUT2D eigenvalue weighted by Gasteiger charge is 2.24. The number of anilines is 1. The number of aromatic nitrogens is 2. The Kier molecular flexibility index (Phi) is 6.42. The van der Waals surface area contributed by atoms with Crippen molar-refractivity contribution in [2.24, 2.45) is 5.41 Å².